The number of aliphatic hydroxyl groups excluding tert-OH is 1. The summed E-state index contributed by atoms with van der Waals surface area (Å²) in [7, 11) is 0. The van der Waals surface area contributed by atoms with Crippen molar-refractivity contribution in [1.29, 1.82) is 0 Å². The Morgan fingerprint density at radius 1 is 1.25 bits per heavy atom. The molecule has 5 nitrogen and oxygen atoms in total. The molecule has 3 rings (SSSR count). The van der Waals surface area contributed by atoms with Crippen LogP contribution in [-0.2, 0) is 4.74 Å². The predicted molar refractivity (Wildman–Crippen MR) is 94.0 cm³/mol. The van der Waals surface area contributed by atoms with Gasteiger partial charge in [-0.15, -0.1) is 0 Å². The molecule has 24 heavy (non-hydrogen) atoms. The number of aliphatic hydroxyl groups is 1. The number of urea groups is 1. The van der Waals surface area contributed by atoms with Crippen molar-refractivity contribution in [2.75, 3.05) is 31.7 Å². The molecule has 2 aromatic rings. The molecule has 0 spiro atoms. The van der Waals surface area contributed by atoms with Crippen LogP contribution in [0.15, 0.2) is 48.5 Å². The molecule has 126 valence electrons. The summed E-state index contributed by atoms with van der Waals surface area (Å²) < 4.78 is 5.30. The standard InChI is InChI=1S/C19H22N2O3/c1-14-3-2-4-16(11-14)15-5-7-17(8-6-15)20-19(23)21-9-10-24-13-18(21)12-22/h2-8,11,18,22H,9-10,12-13H2,1H3,(H,20,23). The Hall–Kier alpha value is -2.37. The van der Waals surface area contributed by atoms with Gasteiger partial charge in [0.2, 0.25) is 0 Å². The number of anilines is 1. The Balaban J connectivity index is 1.68. The zero-order valence-corrected chi connectivity index (χ0v) is 13.7. The molecule has 1 saturated heterocycles. The maximum absolute atomic E-state index is 12.4. The van der Waals surface area contributed by atoms with Crippen LogP contribution < -0.4 is 5.32 Å². The van der Waals surface area contributed by atoms with Gasteiger partial charge < -0.3 is 20.1 Å². The highest BCUT2D eigenvalue weighted by atomic mass is 16.5. The van der Waals surface area contributed by atoms with Crippen molar-refractivity contribution in [3.63, 3.8) is 0 Å². The van der Waals surface area contributed by atoms with Crippen molar-refractivity contribution in [2.24, 2.45) is 0 Å². The SMILES string of the molecule is Cc1cccc(-c2ccc(NC(=O)N3CCOCC3CO)cc2)c1. The molecule has 1 atom stereocenters. The summed E-state index contributed by atoms with van der Waals surface area (Å²) in [6.45, 7) is 3.32. The van der Waals surface area contributed by atoms with E-state index in [1.165, 1.54) is 5.56 Å². The third-order valence-corrected chi connectivity index (χ3v) is 4.19. The van der Waals surface area contributed by atoms with E-state index in [4.69, 9.17) is 4.74 Å². The number of hydrogen-bond acceptors (Lipinski definition) is 3. The Bertz CT molecular complexity index is 700. The van der Waals surface area contributed by atoms with E-state index in [1.54, 1.807) is 4.90 Å². The molecule has 1 aliphatic rings. The third-order valence-electron chi connectivity index (χ3n) is 4.19. The number of nitrogens with one attached hydrogen (secondary N) is 1. The fourth-order valence-electron chi connectivity index (χ4n) is 2.84. The van der Waals surface area contributed by atoms with Gasteiger partial charge in [0.25, 0.3) is 0 Å². The molecule has 0 bridgehead atoms. The largest absolute Gasteiger partial charge is 0.394 e. The average Bonchev–Trinajstić information content (AvgIpc) is 2.62. The van der Waals surface area contributed by atoms with Crippen LogP contribution >= 0.6 is 0 Å². The van der Waals surface area contributed by atoms with E-state index in [-0.39, 0.29) is 18.7 Å². The number of benzene rings is 2. The van der Waals surface area contributed by atoms with Crippen LogP contribution in [-0.4, -0.2) is 48.4 Å². The van der Waals surface area contributed by atoms with Gasteiger partial charge in [0, 0.05) is 12.2 Å². The number of aryl methyl sites for hydroxylation is 1. The van der Waals surface area contributed by atoms with E-state index in [2.05, 4.69) is 30.4 Å². The Morgan fingerprint density at radius 2 is 2.04 bits per heavy atom. The fourth-order valence-corrected chi connectivity index (χ4v) is 2.84. The van der Waals surface area contributed by atoms with Crippen molar-refractivity contribution < 1.29 is 14.6 Å². The zero-order chi connectivity index (χ0) is 16.9. The summed E-state index contributed by atoms with van der Waals surface area (Å²) in [5.74, 6) is 0. The van der Waals surface area contributed by atoms with Crippen LogP contribution in [0, 0.1) is 6.92 Å². The Morgan fingerprint density at radius 3 is 2.75 bits per heavy atom. The lowest BCUT2D eigenvalue weighted by Crippen LogP contribution is -2.52. The number of nitrogens with zero attached hydrogens (tertiary/aromatic N) is 1. The second-order valence-corrected chi connectivity index (χ2v) is 5.98. The summed E-state index contributed by atoms with van der Waals surface area (Å²) >= 11 is 0. The Kier molecular flexibility index (Phi) is 5.13. The van der Waals surface area contributed by atoms with Gasteiger partial charge in [-0.05, 0) is 30.2 Å². The van der Waals surface area contributed by atoms with Crippen molar-refractivity contribution >= 4 is 11.7 Å². The van der Waals surface area contributed by atoms with Crippen molar-refractivity contribution in [3.8, 4) is 11.1 Å². The molecule has 1 heterocycles. The van der Waals surface area contributed by atoms with Crippen molar-refractivity contribution in [1.82, 2.24) is 4.90 Å². The van der Waals surface area contributed by atoms with E-state index in [0.29, 0.717) is 19.8 Å². The maximum atomic E-state index is 12.4. The number of carbonyl (C=O) groups excluding carboxylic acids is 1. The molecular formula is C19H22N2O3. The average molecular weight is 326 g/mol. The van der Waals surface area contributed by atoms with Crippen LogP contribution in [0.5, 0.6) is 0 Å². The van der Waals surface area contributed by atoms with Gasteiger partial charge in [0.15, 0.2) is 0 Å². The minimum Gasteiger partial charge on any atom is -0.394 e. The molecule has 0 radical (unpaired) electrons. The molecule has 0 saturated carbocycles. The molecule has 0 aromatic heterocycles. The zero-order valence-electron chi connectivity index (χ0n) is 13.7. The lowest BCUT2D eigenvalue weighted by atomic mass is 10.0. The van der Waals surface area contributed by atoms with Crippen LogP contribution in [0.2, 0.25) is 0 Å². The molecular weight excluding hydrogens is 304 g/mol. The van der Waals surface area contributed by atoms with Gasteiger partial charge in [0.05, 0.1) is 25.9 Å². The lowest BCUT2D eigenvalue weighted by molar-refractivity contribution is -0.00485. The first-order valence-corrected chi connectivity index (χ1v) is 8.10. The number of carbonyl (C=O) groups is 1. The molecule has 2 N–H and O–H groups in total. The Labute approximate surface area is 141 Å². The minimum atomic E-state index is -0.287. The molecule has 1 aliphatic heterocycles. The molecule has 2 amide bonds. The second kappa shape index (κ2) is 7.47. The summed E-state index contributed by atoms with van der Waals surface area (Å²) in [6, 6.07) is 15.6. The summed E-state index contributed by atoms with van der Waals surface area (Å²) in [5, 5.41) is 12.2. The number of morpholine rings is 1. The molecule has 1 fully saturated rings. The van der Waals surface area contributed by atoms with E-state index >= 15 is 0 Å². The van der Waals surface area contributed by atoms with Gasteiger partial charge in [0.1, 0.15) is 0 Å². The van der Waals surface area contributed by atoms with Crippen LogP contribution in [0.3, 0.4) is 0 Å². The van der Waals surface area contributed by atoms with Crippen LogP contribution in [0.4, 0.5) is 10.5 Å². The highest BCUT2D eigenvalue weighted by Gasteiger charge is 2.26. The first kappa shape index (κ1) is 16.5. The number of ether oxygens (including phenoxy) is 1. The predicted octanol–water partition coefficient (Wildman–Crippen LogP) is 2.89. The maximum Gasteiger partial charge on any atom is 0.322 e. The van der Waals surface area contributed by atoms with Crippen LogP contribution in [0.25, 0.3) is 11.1 Å². The fraction of sp³-hybridized carbons (Fsp3) is 0.316. The highest BCUT2D eigenvalue weighted by Crippen LogP contribution is 2.22. The minimum absolute atomic E-state index is 0.0975. The topological polar surface area (TPSA) is 61.8 Å². The normalized spacial score (nSPS) is 17.6. The van der Waals surface area contributed by atoms with Crippen LogP contribution in [0.1, 0.15) is 5.56 Å². The number of amides is 2. The smallest absolute Gasteiger partial charge is 0.322 e. The van der Waals surface area contributed by atoms with E-state index in [9.17, 15) is 9.90 Å². The second-order valence-electron chi connectivity index (χ2n) is 5.98. The van der Waals surface area contributed by atoms with Gasteiger partial charge in [-0.3, -0.25) is 0 Å². The van der Waals surface area contributed by atoms with Crippen molar-refractivity contribution in [2.45, 2.75) is 13.0 Å². The highest BCUT2D eigenvalue weighted by molar-refractivity contribution is 5.90. The summed E-state index contributed by atoms with van der Waals surface area (Å²) in [6.07, 6.45) is 0. The summed E-state index contributed by atoms with van der Waals surface area (Å²) in [5.41, 5.74) is 4.21. The van der Waals surface area contributed by atoms with Gasteiger partial charge >= 0.3 is 6.03 Å². The number of rotatable bonds is 3. The lowest BCUT2D eigenvalue weighted by Gasteiger charge is -2.34. The molecule has 1 unspecified atom stereocenters. The van der Waals surface area contributed by atoms with Gasteiger partial charge in [-0.2, -0.15) is 0 Å². The van der Waals surface area contributed by atoms with Crippen molar-refractivity contribution in [3.05, 3.63) is 54.1 Å². The van der Waals surface area contributed by atoms with Gasteiger partial charge in [-0.1, -0.05) is 42.0 Å². The van der Waals surface area contributed by atoms with Gasteiger partial charge in [-0.25, -0.2) is 4.79 Å². The van der Waals surface area contributed by atoms with E-state index in [1.807, 2.05) is 30.3 Å². The summed E-state index contributed by atoms with van der Waals surface area (Å²) in [4.78, 5) is 14.0. The first-order valence-electron chi connectivity index (χ1n) is 8.10. The quantitative estimate of drug-likeness (QED) is 0.912. The number of hydrogen-bond donors (Lipinski definition) is 2. The van der Waals surface area contributed by atoms with E-state index < -0.39 is 0 Å². The van der Waals surface area contributed by atoms with E-state index in [0.717, 1.165) is 16.8 Å². The third kappa shape index (κ3) is 3.75. The molecule has 5 heteroatoms. The monoisotopic (exact) mass is 326 g/mol. The molecule has 0 aliphatic carbocycles. The molecule has 2 aromatic carbocycles. The first-order chi connectivity index (χ1) is 11.7.